The maximum Gasteiger partial charge on any atom is 0.173 e. The lowest BCUT2D eigenvalue weighted by molar-refractivity contribution is 0.571. The molecule has 0 spiro atoms. The number of aromatic nitrogens is 1. The molecule has 184 valence electrons. The number of aryl methyl sites for hydroxylation is 2. The van der Waals surface area contributed by atoms with Crippen LogP contribution in [0.2, 0.25) is 0 Å². The van der Waals surface area contributed by atoms with Gasteiger partial charge >= 0.3 is 0 Å². The predicted molar refractivity (Wildman–Crippen MR) is 159 cm³/mol. The summed E-state index contributed by atoms with van der Waals surface area (Å²) in [6, 6.07) is 32.0. The molecular formula is C31H32BrN2OP. The molecule has 0 bridgehead atoms. The first-order valence-corrected chi connectivity index (χ1v) is 14.8. The van der Waals surface area contributed by atoms with E-state index in [0.717, 1.165) is 27.8 Å². The molecule has 5 rings (SSSR count). The summed E-state index contributed by atoms with van der Waals surface area (Å²) in [5.41, 5.74) is 4.66. The highest BCUT2D eigenvalue weighted by molar-refractivity contribution is 9.10. The Morgan fingerprint density at radius 1 is 0.833 bits per heavy atom. The molecule has 0 aliphatic carbocycles. The first-order chi connectivity index (χ1) is 17.2. The molecule has 0 saturated carbocycles. The quantitative estimate of drug-likeness (QED) is 0.197. The SMILES string of the molecule is CCn1c2ccccc2c2cc(P(=Nc3ccc(C)cc3)(Oc3ccc(Br)cc3)C(C)(C)C)ccc21. The van der Waals surface area contributed by atoms with Crippen LogP contribution in [0.15, 0.2) is 100 Å². The molecule has 1 heterocycles. The largest absolute Gasteiger partial charge is 0.455 e. The van der Waals surface area contributed by atoms with Crippen LogP contribution in [0.3, 0.4) is 0 Å². The molecule has 5 aromatic rings. The lowest BCUT2D eigenvalue weighted by atomic mass is 10.1. The molecule has 36 heavy (non-hydrogen) atoms. The Hall–Kier alpha value is -2.81. The van der Waals surface area contributed by atoms with Crippen LogP contribution in [0.1, 0.15) is 33.3 Å². The Labute approximate surface area is 222 Å². The van der Waals surface area contributed by atoms with E-state index in [9.17, 15) is 0 Å². The van der Waals surface area contributed by atoms with Gasteiger partial charge in [-0.1, -0.05) is 72.6 Å². The summed E-state index contributed by atoms with van der Waals surface area (Å²) in [6.07, 6.45) is 0. The van der Waals surface area contributed by atoms with Crippen LogP contribution in [-0.4, -0.2) is 9.72 Å². The Morgan fingerprint density at radius 2 is 1.50 bits per heavy atom. The summed E-state index contributed by atoms with van der Waals surface area (Å²) in [5.74, 6) is 0.827. The van der Waals surface area contributed by atoms with Gasteiger partial charge in [0, 0.05) is 43.3 Å². The normalized spacial score (nSPS) is 13.6. The molecule has 5 heteroatoms. The third-order valence-corrected chi connectivity index (χ3v) is 11.0. The van der Waals surface area contributed by atoms with Gasteiger partial charge in [-0.15, -0.1) is 0 Å². The molecule has 0 aliphatic heterocycles. The Bertz CT molecular complexity index is 1590. The number of fused-ring (bicyclic) bond motifs is 3. The second-order valence-electron chi connectivity index (χ2n) is 10.2. The summed E-state index contributed by atoms with van der Waals surface area (Å²) in [5, 5.41) is 3.41. The molecule has 4 aromatic carbocycles. The van der Waals surface area contributed by atoms with Gasteiger partial charge < -0.3 is 9.09 Å². The summed E-state index contributed by atoms with van der Waals surface area (Å²) >= 11 is 3.56. The molecular weight excluding hydrogens is 527 g/mol. The first-order valence-electron chi connectivity index (χ1n) is 12.4. The van der Waals surface area contributed by atoms with Crippen molar-refractivity contribution < 1.29 is 4.52 Å². The molecule has 1 aromatic heterocycles. The minimum atomic E-state index is -2.59. The summed E-state index contributed by atoms with van der Waals surface area (Å²) in [6.45, 7) is 12.0. The second kappa shape index (κ2) is 9.57. The van der Waals surface area contributed by atoms with Gasteiger partial charge in [-0.3, -0.25) is 0 Å². The molecule has 3 nitrogen and oxygen atoms in total. The average Bonchev–Trinajstić information content (AvgIpc) is 3.18. The number of halogens is 1. The number of para-hydroxylation sites is 1. The van der Waals surface area contributed by atoms with Crippen molar-refractivity contribution in [3.63, 3.8) is 0 Å². The summed E-state index contributed by atoms with van der Waals surface area (Å²) in [4.78, 5) is 0. The third kappa shape index (κ3) is 4.42. The van der Waals surface area contributed by atoms with Crippen LogP contribution in [0.5, 0.6) is 5.75 Å². The summed E-state index contributed by atoms with van der Waals surface area (Å²) < 4.78 is 15.9. The molecule has 0 N–H and O–H groups in total. The lowest BCUT2D eigenvalue weighted by Gasteiger charge is -2.37. The van der Waals surface area contributed by atoms with Gasteiger partial charge in [-0.05, 0) is 74.5 Å². The maximum absolute atomic E-state index is 7.05. The van der Waals surface area contributed by atoms with Crippen molar-refractivity contribution in [3.8, 4) is 5.75 Å². The minimum absolute atomic E-state index is 0.248. The Kier molecular flexibility index (Phi) is 6.61. The number of hydrogen-bond acceptors (Lipinski definition) is 2. The average molecular weight is 559 g/mol. The van der Waals surface area contributed by atoms with E-state index in [1.807, 2.05) is 24.3 Å². The molecule has 0 aliphatic rings. The van der Waals surface area contributed by atoms with Gasteiger partial charge in [0.2, 0.25) is 0 Å². The van der Waals surface area contributed by atoms with Crippen molar-refractivity contribution in [2.24, 2.45) is 4.74 Å². The van der Waals surface area contributed by atoms with E-state index in [4.69, 9.17) is 9.27 Å². The monoisotopic (exact) mass is 558 g/mol. The predicted octanol–water partition coefficient (Wildman–Crippen LogP) is 9.84. The highest BCUT2D eigenvalue weighted by atomic mass is 79.9. The fourth-order valence-corrected chi connectivity index (χ4v) is 8.14. The molecule has 1 atom stereocenters. The van der Waals surface area contributed by atoms with Crippen LogP contribution in [-0.2, 0) is 6.54 Å². The third-order valence-electron chi connectivity index (χ3n) is 6.67. The molecule has 0 amide bonds. The minimum Gasteiger partial charge on any atom is -0.455 e. The molecule has 0 saturated heterocycles. The zero-order valence-electron chi connectivity index (χ0n) is 21.5. The van der Waals surface area contributed by atoms with Crippen LogP contribution < -0.4 is 9.83 Å². The van der Waals surface area contributed by atoms with E-state index >= 15 is 0 Å². The standard InChI is InChI=1S/C31H32BrN2OP/c1-6-34-29-10-8-7-9-27(29)28-21-26(19-20-30(28)34)36(31(3,4)5,33-24-15-11-22(2)12-16-24)35-25-17-13-23(32)14-18-25/h7-21H,6H2,1-5H3. The van der Waals surface area contributed by atoms with Crippen LogP contribution >= 0.6 is 23.2 Å². The van der Waals surface area contributed by atoms with Gasteiger partial charge in [0.1, 0.15) is 5.75 Å². The Balaban J connectivity index is 1.83. The van der Waals surface area contributed by atoms with Gasteiger partial charge in [0.05, 0.1) is 5.69 Å². The van der Waals surface area contributed by atoms with Crippen molar-refractivity contribution in [1.82, 2.24) is 4.57 Å². The number of rotatable bonds is 5. The fraction of sp³-hybridized carbons (Fsp3) is 0.226. The van der Waals surface area contributed by atoms with Crippen molar-refractivity contribution in [3.05, 3.63) is 101 Å². The van der Waals surface area contributed by atoms with E-state index in [1.165, 1.54) is 27.4 Å². The second-order valence-corrected chi connectivity index (χ2v) is 14.5. The van der Waals surface area contributed by atoms with E-state index in [2.05, 4.69) is 122 Å². The van der Waals surface area contributed by atoms with Crippen molar-refractivity contribution in [2.45, 2.75) is 46.3 Å². The van der Waals surface area contributed by atoms with E-state index in [0.29, 0.717) is 0 Å². The highest BCUT2D eigenvalue weighted by Gasteiger charge is 2.39. The lowest BCUT2D eigenvalue weighted by Crippen LogP contribution is -2.27. The maximum atomic E-state index is 7.05. The topological polar surface area (TPSA) is 26.5 Å². The van der Waals surface area contributed by atoms with Crippen LogP contribution in [0.4, 0.5) is 5.69 Å². The first kappa shape index (κ1) is 24.9. The fourth-order valence-electron chi connectivity index (χ4n) is 4.80. The van der Waals surface area contributed by atoms with Crippen molar-refractivity contribution in [1.29, 1.82) is 0 Å². The molecule has 0 radical (unpaired) electrons. The smallest absolute Gasteiger partial charge is 0.173 e. The molecule has 1 unspecified atom stereocenters. The van der Waals surface area contributed by atoms with Gasteiger partial charge in [0.15, 0.2) is 7.28 Å². The number of hydrogen-bond donors (Lipinski definition) is 0. The zero-order valence-corrected chi connectivity index (χ0v) is 24.0. The number of benzene rings is 4. The van der Waals surface area contributed by atoms with E-state index in [-0.39, 0.29) is 5.16 Å². The van der Waals surface area contributed by atoms with E-state index < -0.39 is 7.28 Å². The van der Waals surface area contributed by atoms with E-state index in [1.54, 1.807) is 0 Å². The zero-order chi connectivity index (χ0) is 25.5. The highest BCUT2D eigenvalue weighted by Crippen LogP contribution is 2.62. The Morgan fingerprint density at radius 3 is 2.17 bits per heavy atom. The van der Waals surface area contributed by atoms with Crippen LogP contribution in [0.25, 0.3) is 21.8 Å². The van der Waals surface area contributed by atoms with Gasteiger partial charge in [-0.2, -0.15) is 0 Å². The van der Waals surface area contributed by atoms with Gasteiger partial charge in [0.25, 0.3) is 0 Å². The van der Waals surface area contributed by atoms with Crippen LogP contribution in [0, 0.1) is 6.92 Å². The number of nitrogens with zero attached hydrogens (tertiary/aromatic N) is 2. The van der Waals surface area contributed by atoms with Gasteiger partial charge in [-0.25, -0.2) is 4.74 Å². The van der Waals surface area contributed by atoms with Crippen molar-refractivity contribution in [2.75, 3.05) is 0 Å². The van der Waals surface area contributed by atoms with Crippen molar-refractivity contribution >= 4 is 56.0 Å². The molecule has 0 fully saturated rings. The summed E-state index contributed by atoms with van der Waals surface area (Å²) in [7, 11) is -2.59.